The number of nitrogens with one attached hydrogen (secondary N) is 1. The number of carbonyl (C=O) groups excluding carboxylic acids is 2. The highest BCUT2D eigenvalue weighted by atomic mass is 32.2. The predicted molar refractivity (Wildman–Crippen MR) is 142 cm³/mol. The zero-order chi connectivity index (χ0) is 25.4. The van der Waals surface area contributed by atoms with Crippen LogP contribution in [0.1, 0.15) is 66.9 Å². The molecule has 4 rings (SSSR count). The zero-order valence-electron chi connectivity index (χ0n) is 20.7. The summed E-state index contributed by atoms with van der Waals surface area (Å²) in [5, 5.41) is 11.9. The number of nitrogens with zero attached hydrogens (tertiary/aromatic N) is 2. The van der Waals surface area contributed by atoms with Crippen LogP contribution in [0.5, 0.6) is 0 Å². The molecule has 1 heterocycles. The summed E-state index contributed by atoms with van der Waals surface area (Å²) in [5.74, 6) is 1.36. The Morgan fingerprint density at radius 3 is 2.40 bits per heavy atom. The molecule has 0 aliphatic heterocycles. The van der Waals surface area contributed by atoms with Gasteiger partial charge in [0.15, 0.2) is 5.78 Å². The number of Topliss-reactive ketones (excluding diaryl/α,β-unsaturated/α-hetero) is 1. The van der Waals surface area contributed by atoms with Crippen molar-refractivity contribution in [3.8, 4) is 6.07 Å². The Hall–Kier alpha value is -3.43. The zero-order valence-corrected chi connectivity index (χ0v) is 21.5. The average molecular weight is 486 g/mol. The van der Waals surface area contributed by atoms with Gasteiger partial charge in [0, 0.05) is 10.5 Å². The Kier molecular flexibility index (Phi) is 8.84. The maximum atomic E-state index is 13.3. The van der Waals surface area contributed by atoms with Crippen molar-refractivity contribution in [3.63, 3.8) is 0 Å². The maximum absolute atomic E-state index is 13.3. The van der Waals surface area contributed by atoms with Crippen molar-refractivity contribution >= 4 is 29.3 Å². The van der Waals surface area contributed by atoms with Crippen molar-refractivity contribution in [2.24, 2.45) is 0 Å². The van der Waals surface area contributed by atoms with Crippen LogP contribution in [0, 0.1) is 11.3 Å². The highest BCUT2D eigenvalue weighted by molar-refractivity contribution is 7.99. The van der Waals surface area contributed by atoms with E-state index in [4.69, 9.17) is 5.26 Å². The van der Waals surface area contributed by atoms with Crippen molar-refractivity contribution in [3.05, 3.63) is 88.6 Å². The molecule has 6 heteroatoms. The molecule has 1 aromatic heterocycles. The van der Waals surface area contributed by atoms with Gasteiger partial charge in [0.05, 0.1) is 29.2 Å². The van der Waals surface area contributed by atoms with Crippen LogP contribution in [-0.2, 0) is 23.1 Å². The van der Waals surface area contributed by atoms with E-state index in [1.165, 1.54) is 4.90 Å². The number of pyridine rings is 1. The van der Waals surface area contributed by atoms with Gasteiger partial charge >= 0.3 is 0 Å². The van der Waals surface area contributed by atoms with E-state index in [1.807, 2.05) is 57.2 Å². The number of nitriles is 1. The number of aryl methyl sites for hydroxylation is 1. The normalized spacial score (nSPS) is 16.4. The van der Waals surface area contributed by atoms with Gasteiger partial charge in [0.2, 0.25) is 5.91 Å². The first-order chi connectivity index (χ1) is 16.9. The number of benzene rings is 2. The number of anilines is 1. The molecular formula is C29H31N3O2S. The first-order valence-electron chi connectivity index (χ1n) is 12.0. The molecule has 3 aromatic rings. The summed E-state index contributed by atoms with van der Waals surface area (Å²) >= 11 is 1.77. The molecule has 1 N–H and O–H groups in total. The van der Waals surface area contributed by atoms with Crippen molar-refractivity contribution in [2.45, 2.75) is 57.3 Å². The van der Waals surface area contributed by atoms with Gasteiger partial charge in [0.25, 0.3) is 0 Å². The lowest BCUT2D eigenvalue weighted by atomic mass is 9.69. The smallest absolute Gasteiger partial charge is 0.229 e. The summed E-state index contributed by atoms with van der Waals surface area (Å²) in [6.45, 7) is 8.05. The van der Waals surface area contributed by atoms with E-state index < -0.39 is 5.41 Å². The van der Waals surface area contributed by atoms with Crippen molar-refractivity contribution in [1.82, 2.24) is 4.98 Å². The summed E-state index contributed by atoms with van der Waals surface area (Å²) in [6, 6.07) is 20.8. The lowest BCUT2D eigenvalue weighted by Crippen LogP contribution is -2.38. The van der Waals surface area contributed by atoms with E-state index in [1.54, 1.807) is 36.0 Å². The van der Waals surface area contributed by atoms with Gasteiger partial charge in [-0.25, -0.2) is 4.98 Å². The number of thioether (sulfide) groups is 1. The van der Waals surface area contributed by atoms with Gasteiger partial charge in [-0.05, 0) is 73.0 Å². The molecular weight excluding hydrogens is 454 g/mol. The fourth-order valence-electron chi connectivity index (χ4n) is 4.18. The molecule has 1 aliphatic carbocycles. The first kappa shape index (κ1) is 26.2. The number of amides is 1. The topological polar surface area (TPSA) is 82.8 Å². The summed E-state index contributed by atoms with van der Waals surface area (Å²) in [6.07, 6.45) is 1.53. The highest BCUT2D eigenvalue weighted by Gasteiger charge is 2.40. The number of aromatic nitrogens is 1. The SMILES string of the molecule is CC.CCSc1ccc(CC(=O)Nc2ccc3c(n2)CCC(C)(c2ccc(C#N)cc2)C3=O)cc1. The van der Waals surface area contributed by atoms with E-state index in [0.29, 0.717) is 35.5 Å². The number of ketones is 1. The van der Waals surface area contributed by atoms with Crippen LogP contribution in [0.3, 0.4) is 0 Å². The molecule has 0 bridgehead atoms. The molecule has 35 heavy (non-hydrogen) atoms. The van der Waals surface area contributed by atoms with Gasteiger partial charge in [-0.1, -0.05) is 45.0 Å². The van der Waals surface area contributed by atoms with Crippen LogP contribution in [0.15, 0.2) is 65.6 Å². The molecule has 1 aliphatic rings. The second-order valence-electron chi connectivity index (χ2n) is 8.34. The Bertz CT molecular complexity index is 1230. The summed E-state index contributed by atoms with van der Waals surface area (Å²) < 4.78 is 0. The molecule has 0 saturated carbocycles. The summed E-state index contributed by atoms with van der Waals surface area (Å²) in [7, 11) is 0. The number of fused-ring (bicyclic) bond motifs is 1. The van der Waals surface area contributed by atoms with Crippen LogP contribution in [0.4, 0.5) is 5.82 Å². The monoisotopic (exact) mass is 485 g/mol. The summed E-state index contributed by atoms with van der Waals surface area (Å²) in [5.41, 5.74) is 3.07. The molecule has 5 nitrogen and oxygen atoms in total. The third-order valence-corrected chi connectivity index (χ3v) is 6.99. The van der Waals surface area contributed by atoms with E-state index >= 15 is 0 Å². The average Bonchev–Trinajstić information content (AvgIpc) is 2.89. The molecule has 0 spiro atoms. The van der Waals surface area contributed by atoms with Crippen molar-refractivity contribution in [1.29, 1.82) is 5.26 Å². The Balaban J connectivity index is 0.00000167. The Morgan fingerprint density at radius 2 is 1.77 bits per heavy atom. The lowest BCUT2D eigenvalue weighted by molar-refractivity contribution is -0.115. The van der Waals surface area contributed by atoms with Gasteiger partial charge in [-0.3, -0.25) is 9.59 Å². The lowest BCUT2D eigenvalue weighted by Gasteiger charge is -2.33. The minimum atomic E-state index is -0.657. The van der Waals surface area contributed by atoms with Crippen molar-refractivity contribution in [2.75, 3.05) is 11.1 Å². The van der Waals surface area contributed by atoms with Gasteiger partial charge in [-0.2, -0.15) is 5.26 Å². The number of hydrogen-bond donors (Lipinski definition) is 1. The molecule has 1 amide bonds. The van der Waals surface area contributed by atoms with Crippen LogP contribution in [0.25, 0.3) is 0 Å². The highest BCUT2D eigenvalue weighted by Crippen LogP contribution is 2.38. The molecule has 0 saturated heterocycles. The molecule has 1 atom stereocenters. The second kappa shape index (κ2) is 11.8. The number of hydrogen-bond acceptors (Lipinski definition) is 5. The molecule has 0 fully saturated rings. The van der Waals surface area contributed by atoms with Crippen LogP contribution < -0.4 is 5.32 Å². The standard InChI is InChI=1S/C27H25N3O2S.C2H6/c1-3-33-21-10-6-18(7-11-21)16-25(31)30-24-13-12-22-23(29-24)14-15-27(2,26(22)32)20-8-4-19(17-28)5-9-20;1-2/h4-13H,3,14-16H2,1-2H3,(H,29,30,31);1-2H3. The maximum Gasteiger partial charge on any atom is 0.229 e. The van der Waals surface area contributed by atoms with E-state index in [9.17, 15) is 9.59 Å². The fourth-order valence-corrected chi connectivity index (χ4v) is 4.84. The molecule has 0 radical (unpaired) electrons. The van der Waals surface area contributed by atoms with E-state index in [-0.39, 0.29) is 18.1 Å². The molecule has 2 aromatic carbocycles. The second-order valence-corrected chi connectivity index (χ2v) is 9.68. The van der Waals surface area contributed by atoms with Crippen LogP contribution in [0.2, 0.25) is 0 Å². The van der Waals surface area contributed by atoms with Gasteiger partial charge < -0.3 is 5.32 Å². The Morgan fingerprint density at radius 1 is 1.09 bits per heavy atom. The third kappa shape index (κ3) is 5.98. The largest absolute Gasteiger partial charge is 0.310 e. The van der Waals surface area contributed by atoms with E-state index in [2.05, 4.69) is 23.3 Å². The predicted octanol–water partition coefficient (Wildman–Crippen LogP) is 6.36. The third-order valence-electron chi connectivity index (χ3n) is 6.10. The van der Waals surface area contributed by atoms with E-state index in [0.717, 1.165) is 16.9 Å². The molecule has 180 valence electrons. The van der Waals surface area contributed by atoms with Gasteiger partial charge in [-0.15, -0.1) is 11.8 Å². The van der Waals surface area contributed by atoms with Crippen molar-refractivity contribution < 1.29 is 9.59 Å². The minimum Gasteiger partial charge on any atom is -0.310 e. The quantitative estimate of drug-likeness (QED) is 0.411. The van der Waals surface area contributed by atoms with Gasteiger partial charge in [0.1, 0.15) is 5.82 Å². The number of carbonyl (C=O) groups is 2. The summed E-state index contributed by atoms with van der Waals surface area (Å²) in [4.78, 5) is 31.6. The van der Waals surface area contributed by atoms with Crippen LogP contribution >= 0.6 is 11.8 Å². The minimum absolute atomic E-state index is 0.0175. The Labute approximate surface area is 212 Å². The molecule has 1 unspecified atom stereocenters. The first-order valence-corrected chi connectivity index (χ1v) is 13.0. The van der Waals surface area contributed by atoms with Crippen LogP contribution in [-0.4, -0.2) is 22.4 Å². The fraction of sp³-hybridized carbons (Fsp3) is 0.310. The number of rotatable bonds is 6.